The van der Waals surface area contributed by atoms with Gasteiger partial charge in [-0.25, -0.2) is 0 Å². The number of ether oxygens (including phenoxy) is 1. The van der Waals surface area contributed by atoms with E-state index in [9.17, 15) is 0 Å². The van der Waals surface area contributed by atoms with Crippen molar-refractivity contribution in [2.24, 2.45) is 17.4 Å². The Hall–Kier alpha value is -1.84. The first kappa shape index (κ1) is 16.0. The fraction of sp³-hybridized carbons (Fsp3) is 0.400. The molecule has 0 radical (unpaired) electrons. The summed E-state index contributed by atoms with van der Waals surface area (Å²) in [5, 5.41) is 0. The molecule has 122 valence electrons. The predicted molar refractivity (Wildman–Crippen MR) is 94.7 cm³/mol. The number of nitrogens with two attached hydrogens (primary N) is 2. The van der Waals surface area contributed by atoms with E-state index in [2.05, 4.69) is 48.5 Å². The zero-order chi connectivity index (χ0) is 16.1. The third-order valence-corrected chi connectivity index (χ3v) is 4.86. The largest absolute Gasteiger partial charge is 0.492 e. The topological polar surface area (TPSA) is 61.3 Å². The molecule has 1 aliphatic carbocycles. The Morgan fingerprint density at radius 3 is 2.61 bits per heavy atom. The van der Waals surface area contributed by atoms with E-state index < -0.39 is 0 Å². The molecule has 0 spiro atoms. The van der Waals surface area contributed by atoms with Gasteiger partial charge in [0.15, 0.2) is 0 Å². The maximum Gasteiger partial charge on any atom is 0.119 e. The van der Waals surface area contributed by atoms with Crippen LogP contribution in [0.1, 0.15) is 29.0 Å². The van der Waals surface area contributed by atoms with Gasteiger partial charge < -0.3 is 16.2 Å². The molecule has 0 fully saturated rings. The third-order valence-electron chi connectivity index (χ3n) is 4.86. The molecule has 3 rings (SSSR count). The quantitative estimate of drug-likeness (QED) is 0.862. The highest BCUT2D eigenvalue weighted by Crippen LogP contribution is 2.39. The lowest BCUT2D eigenvalue weighted by atomic mass is 9.72. The summed E-state index contributed by atoms with van der Waals surface area (Å²) in [4.78, 5) is 0. The summed E-state index contributed by atoms with van der Waals surface area (Å²) in [5.41, 5.74) is 15.8. The molecular weight excluding hydrogens is 284 g/mol. The Bertz CT molecular complexity index is 627. The highest BCUT2D eigenvalue weighted by Gasteiger charge is 2.29. The van der Waals surface area contributed by atoms with Gasteiger partial charge >= 0.3 is 0 Å². The van der Waals surface area contributed by atoms with E-state index >= 15 is 0 Å². The van der Waals surface area contributed by atoms with Crippen molar-refractivity contribution in [3.8, 4) is 5.75 Å². The smallest absolute Gasteiger partial charge is 0.119 e. The standard InChI is InChI=1S/C20H26N2O/c21-10-11-23-18-9-8-16-6-7-17(14-22)19(20(16)13-18)12-15-4-2-1-3-5-15/h1-5,8-9,13,17,19H,6-7,10-12,14,21-22H2. The minimum absolute atomic E-state index is 0.465. The average Bonchev–Trinajstić information content (AvgIpc) is 2.61. The van der Waals surface area contributed by atoms with Crippen molar-refractivity contribution in [3.05, 3.63) is 65.2 Å². The number of hydrogen-bond acceptors (Lipinski definition) is 3. The summed E-state index contributed by atoms with van der Waals surface area (Å²) >= 11 is 0. The number of aryl methyl sites for hydroxylation is 1. The van der Waals surface area contributed by atoms with Crippen molar-refractivity contribution in [2.45, 2.75) is 25.2 Å². The monoisotopic (exact) mass is 310 g/mol. The van der Waals surface area contributed by atoms with Crippen molar-refractivity contribution in [2.75, 3.05) is 19.7 Å². The van der Waals surface area contributed by atoms with E-state index in [1.165, 1.54) is 23.1 Å². The van der Waals surface area contributed by atoms with Crippen LogP contribution in [0, 0.1) is 5.92 Å². The van der Waals surface area contributed by atoms with Crippen LogP contribution in [-0.2, 0) is 12.8 Å². The van der Waals surface area contributed by atoms with Crippen LogP contribution in [-0.4, -0.2) is 19.7 Å². The van der Waals surface area contributed by atoms with Crippen LogP contribution in [0.25, 0.3) is 0 Å². The molecule has 2 aromatic rings. The Balaban J connectivity index is 1.90. The zero-order valence-corrected chi connectivity index (χ0v) is 13.6. The molecule has 3 heteroatoms. The maximum atomic E-state index is 6.07. The van der Waals surface area contributed by atoms with Gasteiger partial charge in [-0.3, -0.25) is 0 Å². The van der Waals surface area contributed by atoms with Crippen LogP contribution in [0.4, 0.5) is 0 Å². The lowest BCUT2D eigenvalue weighted by Gasteiger charge is -2.33. The van der Waals surface area contributed by atoms with Crippen molar-refractivity contribution in [1.82, 2.24) is 0 Å². The number of hydrogen-bond donors (Lipinski definition) is 2. The summed E-state index contributed by atoms with van der Waals surface area (Å²) in [6.07, 6.45) is 3.32. The summed E-state index contributed by atoms with van der Waals surface area (Å²) in [5.74, 6) is 1.92. The van der Waals surface area contributed by atoms with E-state index in [0.29, 0.717) is 25.0 Å². The Morgan fingerprint density at radius 1 is 1.04 bits per heavy atom. The average molecular weight is 310 g/mol. The van der Waals surface area contributed by atoms with Gasteiger partial charge in [-0.2, -0.15) is 0 Å². The Labute approximate surface area is 138 Å². The second kappa shape index (κ2) is 7.62. The maximum absolute atomic E-state index is 6.07. The van der Waals surface area contributed by atoms with Gasteiger partial charge in [-0.05, 0) is 66.5 Å². The highest BCUT2D eigenvalue weighted by atomic mass is 16.5. The highest BCUT2D eigenvalue weighted by molar-refractivity contribution is 5.41. The molecule has 0 saturated carbocycles. The second-order valence-electron chi connectivity index (χ2n) is 6.33. The van der Waals surface area contributed by atoms with Crippen LogP contribution >= 0.6 is 0 Å². The summed E-state index contributed by atoms with van der Waals surface area (Å²) in [6.45, 7) is 1.84. The zero-order valence-electron chi connectivity index (χ0n) is 13.6. The van der Waals surface area contributed by atoms with Crippen LogP contribution in [0.3, 0.4) is 0 Å². The first-order valence-corrected chi connectivity index (χ1v) is 8.51. The Morgan fingerprint density at radius 2 is 1.87 bits per heavy atom. The lowest BCUT2D eigenvalue weighted by molar-refractivity contribution is 0.324. The number of fused-ring (bicyclic) bond motifs is 1. The number of rotatable bonds is 6. The minimum Gasteiger partial charge on any atom is -0.492 e. The van der Waals surface area contributed by atoms with Crippen LogP contribution in [0.5, 0.6) is 5.75 Å². The minimum atomic E-state index is 0.465. The molecule has 0 bridgehead atoms. The Kier molecular flexibility index (Phi) is 5.31. The molecule has 0 aromatic heterocycles. The van der Waals surface area contributed by atoms with Crippen molar-refractivity contribution < 1.29 is 4.74 Å². The fourth-order valence-corrected chi connectivity index (χ4v) is 3.64. The van der Waals surface area contributed by atoms with E-state index in [0.717, 1.165) is 25.1 Å². The molecule has 1 aliphatic rings. The molecule has 0 amide bonds. The van der Waals surface area contributed by atoms with Gasteiger partial charge in [0.2, 0.25) is 0 Å². The van der Waals surface area contributed by atoms with Crippen LogP contribution in [0.15, 0.2) is 48.5 Å². The molecule has 2 atom stereocenters. The molecule has 2 unspecified atom stereocenters. The molecule has 2 aromatic carbocycles. The van der Waals surface area contributed by atoms with Crippen molar-refractivity contribution in [3.63, 3.8) is 0 Å². The first-order valence-electron chi connectivity index (χ1n) is 8.51. The molecule has 4 N–H and O–H groups in total. The SMILES string of the molecule is NCCOc1ccc2c(c1)C(Cc1ccccc1)C(CN)CC2. The molecule has 23 heavy (non-hydrogen) atoms. The van der Waals surface area contributed by atoms with Gasteiger partial charge in [0.1, 0.15) is 12.4 Å². The van der Waals surface area contributed by atoms with E-state index in [-0.39, 0.29) is 0 Å². The molecular formula is C20H26N2O. The van der Waals surface area contributed by atoms with Crippen LogP contribution < -0.4 is 16.2 Å². The third kappa shape index (κ3) is 3.74. The predicted octanol–water partition coefficient (Wildman–Crippen LogP) is 2.87. The molecule has 0 saturated heterocycles. The van der Waals surface area contributed by atoms with Crippen molar-refractivity contribution in [1.29, 1.82) is 0 Å². The first-order chi connectivity index (χ1) is 11.3. The van der Waals surface area contributed by atoms with Gasteiger partial charge in [-0.1, -0.05) is 36.4 Å². The van der Waals surface area contributed by atoms with E-state index in [1.807, 2.05) is 0 Å². The summed E-state index contributed by atoms with van der Waals surface area (Å²) in [6, 6.07) is 17.2. The fourth-order valence-electron chi connectivity index (χ4n) is 3.64. The van der Waals surface area contributed by atoms with E-state index in [1.54, 1.807) is 0 Å². The number of benzene rings is 2. The van der Waals surface area contributed by atoms with Gasteiger partial charge in [0, 0.05) is 6.54 Å². The van der Waals surface area contributed by atoms with Gasteiger partial charge in [0.05, 0.1) is 0 Å². The molecule has 0 aliphatic heterocycles. The lowest BCUT2D eigenvalue weighted by Crippen LogP contribution is -2.28. The van der Waals surface area contributed by atoms with Gasteiger partial charge in [0.25, 0.3) is 0 Å². The van der Waals surface area contributed by atoms with Gasteiger partial charge in [-0.15, -0.1) is 0 Å². The second-order valence-corrected chi connectivity index (χ2v) is 6.33. The van der Waals surface area contributed by atoms with E-state index in [4.69, 9.17) is 16.2 Å². The van der Waals surface area contributed by atoms with Crippen molar-refractivity contribution >= 4 is 0 Å². The molecule has 0 heterocycles. The van der Waals surface area contributed by atoms with Crippen LogP contribution in [0.2, 0.25) is 0 Å². The normalized spacial score (nSPS) is 20.1. The summed E-state index contributed by atoms with van der Waals surface area (Å²) < 4.78 is 5.73. The summed E-state index contributed by atoms with van der Waals surface area (Å²) in [7, 11) is 0. The molecule has 3 nitrogen and oxygen atoms in total.